The monoisotopic (exact) mass is 253 g/mol. The minimum absolute atomic E-state index is 0.245. The first-order chi connectivity index (χ1) is 8.67. The number of hydrogen-bond donors (Lipinski definition) is 3. The van der Waals surface area contributed by atoms with Gasteiger partial charge in [-0.15, -0.1) is 0 Å². The van der Waals surface area contributed by atoms with Crippen LogP contribution in [-0.4, -0.2) is 29.8 Å². The van der Waals surface area contributed by atoms with Crippen LogP contribution in [0.15, 0.2) is 12.1 Å². The molecule has 4 N–H and O–H groups in total. The molecule has 0 aliphatic carbocycles. The van der Waals surface area contributed by atoms with E-state index in [0.717, 1.165) is 25.2 Å². The molecule has 5 heteroatoms. The van der Waals surface area contributed by atoms with Crippen LogP contribution in [-0.2, 0) is 0 Å². The number of rotatable bonds is 8. The lowest BCUT2D eigenvalue weighted by Crippen LogP contribution is -2.08. The lowest BCUT2D eigenvalue weighted by molar-refractivity contribution is 0.229. The van der Waals surface area contributed by atoms with E-state index in [1.165, 1.54) is 0 Å². The Morgan fingerprint density at radius 3 is 2.94 bits per heavy atom. The first kappa shape index (κ1) is 14.6. The Morgan fingerprint density at radius 1 is 1.50 bits per heavy atom. The van der Waals surface area contributed by atoms with Gasteiger partial charge in [0.1, 0.15) is 5.82 Å². The highest BCUT2D eigenvalue weighted by atomic mass is 16.5. The van der Waals surface area contributed by atoms with Gasteiger partial charge in [-0.1, -0.05) is 6.92 Å². The molecule has 0 aliphatic rings. The van der Waals surface area contributed by atoms with Gasteiger partial charge in [0.05, 0.1) is 12.3 Å². The van der Waals surface area contributed by atoms with Crippen molar-refractivity contribution in [3.8, 4) is 5.88 Å². The quantitative estimate of drug-likeness (QED) is 0.616. The third-order valence-electron chi connectivity index (χ3n) is 2.66. The lowest BCUT2D eigenvalue weighted by Gasteiger charge is -2.11. The molecule has 0 spiro atoms. The summed E-state index contributed by atoms with van der Waals surface area (Å²) in [6, 6.07) is 3.63. The molecule has 1 atom stereocenters. The van der Waals surface area contributed by atoms with Crippen molar-refractivity contribution in [3.63, 3.8) is 0 Å². The summed E-state index contributed by atoms with van der Waals surface area (Å²) in [6.07, 6.45) is 1.99. The third kappa shape index (κ3) is 4.79. The van der Waals surface area contributed by atoms with Gasteiger partial charge in [-0.05, 0) is 37.8 Å². The Morgan fingerprint density at radius 2 is 2.28 bits per heavy atom. The van der Waals surface area contributed by atoms with Gasteiger partial charge in [0, 0.05) is 13.2 Å². The standard InChI is InChI=1S/C13H23N3O2/c1-3-18-13-11(14)6-7-12(16-13)15-8-4-5-10(2)9-17/h6-7,10,17H,3-5,8-9,14H2,1-2H3,(H,15,16). The van der Waals surface area contributed by atoms with Crippen molar-refractivity contribution >= 4 is 11.5 Å². The fourth-order valence-corrected chi connectivity index (χ4v) is 1.56. The maximum Gasteiger partial charge on any atom is 0.239 e. The first-order valence-corrected chi connectivity index (χ1v) is 6.41. The van der Waals surface area contributed by atoms with Crippen LogP contribution in [0.3, 0.4) is 0 Å². The molecule has 0 saturated carbocycles. The van der Waals surface area contributed by atoms with Crippen LogP contribution in [0.2, 0.25) is 0 Å². The summed E-state index contributed by atoms with van der Waals surface area (Å²) < 4.78 is 5.33. The maximum absolute atomic E-state index is 8.91. The van der Waals surface area contributed by atoms with Crippen LogP contribution in [0.25, 0.3) is 0 Å². The molecular formula is C13H23N3O2. The van der Waals surface area contributed by atoms with E-state index in [9.17, 15) is 0 Å². The van der Waals surface area contributed by atoms with E-state index < -0.39 is 0 Å². The van der Waals surface area contributed by atoms with Crippen molar-refractivity contribution in [2.24, 2.45) is 5.92 Å². The van der Waals surface area contributed by atoms with Gasteiger partial charge in [0.15, 0.2) is 0 Å². The summed E-state index contributed by atoms with van der Waals surface area (Å²) in [5.74, 6) is 1.60. The maximum atomic E-state index is 8.91. The molecule has 0 fully saturated rings. The topological polar surface area (TPSA) is 80.4 Å². The molecule has 1 aromatic heterocycles. The minimum atomic E-state index is 0.245. The molecule has 1 heterocycles. The summed E-state index contributed by atoms with van der Waals surface area (Å²) in [7, 11) is 0. The van der Waals surface area contributed by atoms with Gasteiger partial charge >= 0.3 is 0 Å². The van der Waals surface area contributed by atoms with E-state index in [4.69, 9.17) is 15.6 Å². The summed E-state index contributed by atoms with van der Waals surface area (Å²) in [4.78, 5) is 4.29. The minimum Gasteiger partial charge on any atom is -0.476 e. The Balaban J connectivity index is 2.40. The second-order valence-electron chi connectivity index (χ2n) is 4.38. The van der Waals surface area contributed by atoms with Crippen molar-refractivity contribution in [2.45, 2.75) is 26.7 Å². The number of aromatic nitrogens is 1. The summed E-state index contributed by atoms with van der Waals surface area (Å²) in [6.45, 7) is 5.56. The van der Waals surface area contributed by atoms with Crippen LogP contribution >= 0.6 is 0 Å². The van der Waals surface area contributed by atoms with Crippen LogP contribution in [0.5, 0.6) is 5.88 Å². The molecule has 0 bridgehead atoms. The highest BCUT2D eigenvalue weighted by Gasteiger charge is 2.04. The molecule has 1 aromatic rings. The molecule has 102 valence electrons. The number of nitrogens with one attached hydrogen (secondary N) is 1. The predicted octanol–water partition coefficient (Wildman–Crippen LogP) is 1.88. The smallest absolute Gasteiger partial charge is 0.239 e. The van der Waals surface area contributed by atoms with E-state index in [2.05, 4.69) is 10.3 Å². The van der Waals surface area contributed by atoms with E-state index >= 15 is 0 Å². The number of nitrogens with zero attached hydrogens (tertiary/aromatic N) is 1. The van der Waals surface area contributed by atoms with Gasteiger partial charge in [0.25, 0.3) is 0 Å². The molecule has 0 amide bonds. The highest BCUT2D eigenvalue weighted by molar-refractivity contribution is 5.53. The van der Waals surface area contributed by atoms with Crippen LogP contribution in [0.4, 0.5) is 11.5 Å². The molecule has 0 aromatic carbocycles. The Hall–Kier alpha value is -1.49. The number of aliphatic hydroxyl groups is 1. The van der Waals surface area contributed by atoms with E-state index in [1.807, 2.05) is 19.9 Å². The number of pyridine rings is 1. The van der Waals surface area contributed by atoms with Gasteiger partial charge in [-0.2, -0.15) is 4.98 Å². The van der Waals surface area contributed by atoms with Gasteiger partial charge < -0.3 is 20.9 Å². The largest absolute Gasteiger partial charge is 0.476 e. The van der Waals surface area contributed by atoms with Gasteiger partial charge in [-0.25, -0.2) is 0 Å². The van der Waals surface area contributed by atoms with E-state index in [0.29, 0.717) is 24.1 Å². The summed E-state index contributed by atoms with van der Waals surface area (Å²) >= 11 is 0. The zero-order chi connectivity index (χ0) is 13.4. The SMILES string of the molecule is CCOc1nc(NCCCC(C)CO)ccc1N. The van der Waals surface area contributed by atoms with Gasteiger partial charge in [0.2, 0.25) is 5.88 Å². The molecule has 0 aliphatic heterocycles. The predicted molar refractivity (Wildman–Crippen MR) is 73.8 cm³/mol. The fourth-order valence-electron chi connectivity index (χ4n) is 1.56. The molecule has 0 saturated heterocycles. The number of ether oxygens (including phenoxy) is 1. The van der Waals surface area contributed by atoms with E-state index in [1.54, 1.807) is 6.07 Å². The van der Waals surface area contributed by atoms with Crippen molar-refractivity contribution < 1.29 is 9.84 Å². The van der Waals surface area contributed by atoms with Crippen molar-refractivity contribution in [2.75, 3.05) is 30.8 Å². The first-order valence-electron chi connectivity index (χ1n) is 6.41. The van der Waals surface area contributed by atoms with Gasteiger partial charge in [-0.3, -0.25) is 0 Å². The average molecular weight is 253 g/mol. The fraction of sp³-hybridized carbons (Fsp3) is 0.615. The second-order valence-corrected chi connectivity index (χ2v) is 4.38. The van der Waals surface area contributed by atoms with Crippen molar-refractivity contribution in [3.05, 3.63) is 12.1 Å². The van der Waals surface area contributed by atoms with Crippen LogP contribution in [0.1, 0.15) is 26.7 Å². The average Bonchev–Trinajstić information content (AvgIpc) is 2.38. The normalized spacial score (nSPS) is 12.2. The molecule has 18 heavy (non-hydrogen) atoms. The van der Waals surface area contributed by atoms with E-state index in [-0.39, 0.29) is 6.61 Å². The number of hydrogen-bond acceptors (Lipinski definition) is 5. The molecule has 1 rings (SSSR count). The highest BCUT2D eigenvalue weighted by Crippen LogP contribution is 2.20. The Bertz CT molecular complexity index is 358. The zero-order valence-corrected chi connectivity index (χ0v) is 11.1. The third-order valence-corrected chi connectivity index (χ3v) is 2.66. The Kier molecular flexibility index (Phi) is 6.28. The number of anilines is 2. The van der Waals surface area contributed by atoms with Crippen LogP contribution < -0.4 is 15.8 Å². The second kappa shape index (κ2) is 7.76. The molecular weight excluding hydrogens is 230 g/mol. The molecule has 5 nitrogen and oxygen atoms in total. The molecule has 1 unspecified atom stereocenters. The van der Waals surface area contributed by atoms with Crippen LogP contribution in [0, 0.1) is 5.92 Å². The number of nitrogens with two attached hydrogens (primary N) is 1. The number of nitrogen functional groups attached to an aromatic ring is 1. The lowest BCUT2D eigenvalue weighted by atomic mass is 10.1. The molecule has 0 radical (unpaired) electrons. The van der Waals surface area contributed by atoms with Crippen molar-refractivity contribution in [1.29, 1.82) is 0 Å². The van der Waals surface area contributed by atoms with Crippen molar-refractivity contribution in [1.82, 2.24) is 4.98 Å². The summed E-state index contributed by atoms with van der Waals surface area (Å²) in [5.41, 5.74) is 6.30. The Labute approximate surface area is 108 Å². The number of aliphatic hydroxyl groups excluding tert-OH is 1. The zero-order valence-electron chi connectivity index (χ0n) is 11.1. The summed E-state index contributed by atoms with van der Waals surface area (Å²) in [5, 5.41) is 12.1.